The maximum Gasteiger partial charge on any atom is 0.414 e. The molecular formula is C17H23N3O3. The first-order chi connectivity index (χ1) is 10.9. The normalized spacial score (nSPS) is 11.0. The maximum absolute atomic E-state index is 12.2. The summed E-state index contributed by atoms with van der Waals surface area (Å²) in [5.41, 5.74) is 1.04. The molecule has 0 aliphatic rings. The second kappa shape index (κ2) is 7.26. The first kappa shape index (κ1) is 17.0. The van der Waals surface area contributed by atoms with Crippen molar-refractivity contribution in [1.29, 1.82) is 0 Å². The van der Waals surface area contributed by atoms with Crippen molar-refractivity contribution in [2.45, 2.75) is 33.6 Å². The van der Waals surface area contributed by atoms with Crippen LogP contribution in [0.15, 0.2) is 23.0 Å². The van der Waals surface area contributed by atoms with E-state index in [-0.39, 0.29) is 11.5 Å². The van der Waals surface area contributed by atoms with E-state index < -0.39 is 6.09 Å². The van der Waals surface area contributed by atoms with E-state index in [0.717, 1.165) is 12.8 Å². The predicted octanol–water partition coefficient (Wildman–Crippen LogP) is 3.10. The van der Waals surface area contributed by atoms with Crippen molar-refractivity contribution in [3.63, 3.8) is 0 Å². The van der Waals surface area contributed by atoms with Gasteiger partial charge in [-0.05, 0) is 30.5 Å². The number of anilines is 1. The third-order valence-electron chi connectivity index (χ3n) is 3.43. The zero-order chi connectivity index (χ0) is 17.0. The van der Waals surface area contributed by atoms with Crippen LogP contribution in [0.1, 0.15) is 33.0 Å². The Morgan fingerprint density at radius 3 is 2.78 bits per heavy atom. The topological polar surface area (TPSA) is 75.3 Å². The Morgan fingerprint density at radius 2 is 2.13 bits per heavy atom. The van der Waals surface area contributed by atoms with Gasteiger partial charge in [0.25, 0.3) is 5.56 Å². The Balaban J connectivity index is 2.29. The summed E-state index contributed by atoms with van der Waals surface area (Å²) in [7, 11) is 1.62. The molecule has 6 nitrogen and oxygen atoms in total. The lowest BCUT2D eigenvalue weighted by molar-refractivity contribution is 0.141. The second-order valence-electron chi connectivity index (χ2n) is 5.99. The quantitative estimate of drug-likeness (QED) is 0.919. The monoisotopic (exact) mass is 317 g/mol. The second-order valence-corrected chi connectivity index (χ2v) is 5.99. The molecule has 0 unspecified atom stereocenters. The summed E-state index contributed by atoms with van der Waals surface area (Å²) >= 11 is 0. The van der Waals surface area contributed by atoms with Gasteiger partial charge in [0.05, 0.1) is 17.5 Å². The molecule has 6 heteroatoms. The molecule has 1 N–H and O–H groups in total. The Labute approximate surface area is 135 Å². The molecule has 2 rings (SSSR count). The number of nitrogens with zero attached hydrogens (tertiary/aromatic N) is 2. The molecule has 0 saturated heterocycles. The Hall–Kier alpha value is -2.37. The van der Waals surface area contributed by atoms with Crippen molar-refractivity contribution in [3.8, 4) is 0 Å². The van der Waals surface area contributed by atoms with Gasteiger partial charge in [0.1, 0.15) is 5.82 Å². The third-order valence-corrected chi connectivity index (χ3v) is 3.43. The number of hydrogen-bond acceptors (Lipinski definition) is 4. The fraction of sp³-hybridized carbons (Fsp3) is 0.471. The number of hydrogen-bond donors (Lipinski definition) is 1. The highest BCUT2D eigenvalue weighted by Gasteiger charge is 2.14. The molecule has 1 aromatic carbocycles. The van der Waals surface area contributed by atoms with Crippen molar-refractivity contribution < 1.29 is 9.53 Å². The van der Waals surface area contributed by atoms with Crippen LogP contribution in [0.3, 0.4) is 0 Å². The number of fused-ring (bicyclic) bond motifs is 1. The minimum absolute atomic E-state index is 0.191. The minimum atomic E-state index is -0.440. The number of amides is 1. The number of nitrogens with one attached hydrogen (secondary N) is 1. The molecule has 0 aliphatic heterocycles. The lowest BCUT2D eigenvalue weighted by Gasteiger charge is -2.18. The number of ether oxygens (including phenoxy) is 1. The SMILES string of the molecule is CCCc1nc2ccc(N(C)C(=O)OCC(C)C)cc2c(=O)[nH]1. The van der Waals surface area contributed by atoms with Crippen LogP contribution in [0, 0.1) is 5.92 Å². The molecule has 0 atom stereocenters. The largest absolute Gasteiger partial charge is 0.449 e. The molecular weight excluding hydrogens is 294 g/mol. The highest BCUT2D eigenvalue weighted by atomic mass is 16.6. The molecule has 0 fully saturated rings. The number of aryl methyl sites for hydroxylation is 1. The average molecular weight is 317 g/mol. The summed E-state index contributed by atoms with van der Waals surface area (Å²) < 4.78 is 5.20. The molecule has 1 heterocycles. The zero-order valence-corrected chi connectivity index (χ0v) is 14.0. The van der Waals surface area contributed by atoms with E-state index in [1.807, 2.05) is 20.8 Å². The summed E-state index contributed by atoms with van der Waals surface area (Å²) in [6.07, 6.45) is 1.20. The number of H-pyrrole nitrogens is 1. The van der Waals surface area contributed by atoms with Gasteiger partial charge in [0.2, 0.25) is 0 Å². The number of carbonyl (C=O) groups excluding carboxylic acids is 1. The molecule has 1 amide bonds. The lowest BCUT2D eigenvalue weighted by atomic mass is 10.2. The smallest absolute Gasteiger partial charge is 0.414 e. The highest BCUT2D eigenvalue weighted by molar-refractivity contribution is 5.91. The first-order valence-electron chi connectivity index (χ1n) is 7.85. The average Bonchev–Trinajstić information content (AvgIpc) is 2.52. The van der Waals surface area contributed by atoms with Crippen molar-refractivity contribution >= 4 is 22.7 Å². The highest BCUT2D eigenvalue weighted by Crippen LogP contribution is 2.19. The van der Waals surface area contributed by atoms with Crippen molar-refractivity contribution in [2.75, 3.05) is 18.6 Å². The number of rotatable bonds is 5. The van der Waals surface area contributed by atoms with Crippen molar-refractivity contribution in [1.82, 2.24) is 9.97 Å². The number of aromatic amines is 1. The van der Waals surface area contributed by atoms with E-state index in [0.29, 0.717) is 29.0 Å². The van der Waals surface area contributed by atoms with Gasteiger partial charge in [-0.25, -0.2) is 9.78 Å². The Morgan fingerprint density at radius 1 is 1.39 bits per heavy atom. The molecule has 2 aromatic rings. The van der Waals surface area contributed by atoms with E-state index in [1.165, 1.54) is 4.90 Å². The van der Waals surface area contributed by atoms with Crippen LogP contribution in [0.25, 0.3) is 10.9 Å². The summed E-state index contributed by atoms with van der Waals surface area (Å²) in [5, 5.41) is 0.464. The van der Waals surface area contributed by atoms with E-state index in [1.54, 1.807) is 25.2 Å². The van der Waals surface area contributed by atoms with E-state index in [9.17, 15) is 9.59 Å². The van der Waals surface area contributed by atoms with Crippen LogP contribution in [-0.4, -0.2) is 29.7 Å². The van der Waals surface area contributed by atoms with Crippen molar-refractivity contribution in [2.24, 2.45) is 5.92 Å². The number of benzene rings is 1. The van der Waals surface area contributed by atoms with E-state index in [2.05, 4.69) is 9.97 Å². The van der Waals surface area contributed by atoms with E-state index >= 15 is 0 Å². The van der Waals surface area contributed by atoms with Gasteiger partial charge in [0, 0.05) is 19.2 Å². The van der Waals surface area contributed by atoms with Crippen LogP contribution < -0.4 is 10.5 Å². The maximum atomic E-state index is 12.2. The standard InChI is InChI=1S/C17H23N3O3/c1-5-6-15-18-14-8-7-12(9-13(14)16(21)19-15)20(4)17(22)23-10-11(2)3/h7-9,11H,5-6,10H2,1-4H3,(H,18,19,21). The van der Waals surface area contributed by atoms with Gasteiger partial charge in [-0.3, -0.25) is 9.69 Å². The summed E-state index contributed by atoms with van der Waals surface area (Å²) in [4.78, 5) is 32.8. The molecule has 1 aromatic heterocycles. The number of aromatic nitrogens is 2. The number of carbonyl (C=O) groups is 1. The molecule has 0 aliphatic carbocycles. The summed E-state index contributed by atoms with van der Waals surface area (Å²) in [6.45, 7) is 6.34. The third kappa shape index (κ3) is 4.09. The fourth-order valence-corrected chi connectivity index (χ4v) is 2.18. The summed E-state index contributed by atoms with van der Waals surface area (Å²) in [5.74, 6) is 0.954. The van der Waals surface area contributed by atoms with Gasteiger partial charge >= 0.3 is 6.09 Å². The Kier molecular flexibility index (Phi) is 5.36. The zero-order valence-electron chi connectivity index (χ0n) is 14.0. The molecule has 0 radical (unpaired) electrons. The molecule has 124 valence electrons. The van der Waals surface area contributed by atoms with Crippen LogP contribution in [0.2, 0.25) is 0 Å². The minimum Gasteiger partial charge on any atom is -0.449 e. The fourth-order valence-electron chi connectivity index (χ4n) is 2.18. The lowest BCUT2D eigenvalue weighted by Crippen LogP contribution is -2.28. The van der Waals surface area contributed by atoms with Crippen LogP contribution in [-0.2, 0) is 11.2 Å². The van der Waals surface area contributed by atoms with E-state index in [4.69, 9.17) is 4.74 Å². The van der Waals surface area contributed by atoms with Gasteiger partial charge in [0.15, 0.2) is 0 Å². The molecule has 23 heavy (non-hydrogen) atoms. The van der Waals surface area contributed by atoms with Crippen LogP contribution >= 0.6 is 0 Å². The van der Waals surface area contributed by atoms with Gasteiger partial charge in [-0.2, -0.15) is 0 Å². The van der Waals surface area contributed by atoms with Gasteiger partial charge < -0.3 is 9.72 Å². The first-order valence-corrected chi connectivity index (χ1v) is 7.85. The predicted molar refractivity (Wildman–Crippen MR) is 90.9 cm³/mol. The van der Waals surface area contributed by atoms with Crippen LogP contribution in [0.4, 0.5) is 10.5 Å². The van der Waals surface area contributed by atoms with Gasteiger partial charge in [-0.15, -0.1) is 0 Å². The summed E-state index contributed by atoms with van der Waals surface area (Å²) in [6, 6.07) is 5.18. The molecule has 0 bridgehead atoms. The Bertz CT molecular complexity index is 752. The molecule has 0 saturated carbocycles. The van der Waals surface area contributed by atoms with Crippen LogP contribution in [0.5, 0.6) is 0 Å². The van der Waals surface area contributed by atoms with Gasteiger partial charge in [-0.1, -0.05) is 20.8 Å². The van der Waals surface area contributed by atoms with Crippen molar-refractivity contribution in [3.05, 3.63) is 34.4 Å². The molecule has 0 spiro atoms.